The molecule has 1 heterocycles. The number of fused-ring (bicyclic) bond motifs is 1. The Kier molecular flexibility index (Phi) is 3.67. The predicted molar refractivity (Wildman–Crippen MR) is 91.7 cm³/mol. The number of carbonyl (C=O) groups excluding carboxylic acids is 2. The molecule has 3 rings (SSSR count). The highest BCUT2D eigenvalue weighted by molar-refractivity contribution is 6.02. The van der Waals surface area contributed by atoms with Crippen molar-refractivity contribution in [2.24, 2.45) is 11.1 Å². The summed E-state index contributed by atoms with van der Waals surface area (Å²) >= 11 is 0. The van der Waals surface area contributed by atoms with Crippen LogP contribution < -0.4 is 11.3 Å². The van der Waals surface area contributed by atoms with Gasteiger partial charge in [-0.25, -0.2) is 0 Å². The third-order valence-corrected chi connectivity index (χ3v) is 4.45. The van der Waals surface area contributed by atoms with Crippen molar-refractivity contribution in [1.82, 2.24) is 4.57 Å². The lowest BCUT2D eigenvalue weighted by Gasteiger charge is -2.32. The van der Waals surface area contributed by atoms with Crippen LogP contribution in [0.4, 0.5) is 0 Å². The Labute approximate surface area is 140 Å². The van der Waals surface area contributed by atoms with Gasteiger partial charge in [0.1, 0.15) is 5.56 Å². The third kappa shape index (κ3) is 2.66. The minimum Gasteiger partial charge on any atom is -0.365 e. The first-order valence-corrected chi connectivity index (χ1v) is 7.88. The second kappa shape index (κ2) is 5.44. The van der Waals surface area contributed by atoms with Crippen LogP contribution in [0.25, 0.3) is 5.69 Å². The smallest absolute Gasteiger partial charge is 0.268 e. The molecule has 0 spiro atoms. The van der Waals surface area contributed by atoms with Gasteiger partial charge in [0.2, 0.25) is 0 Å². The van der Waals surface area contributed by atoms with Gasteiger partial charge in [0.15, 0.2) is 5.78 Å². The van der Waals surface area contributed by atoms with Crippen molar-refractivity contribution in [1.29, 1.82) is 0 Å². The summed E-state index contributed by atoms with van der Waals surface area (Å²) in [5, 5.41) is 0. The van der Waals surface area contributed by atoms with Gasteiger partial charge in [0.25, 0.3) is 11.5 Å². The maximum Gasteiger partial charge on any atom is 0.268 e. The number of hydrogen-bond donors (Lipinski definition) is 1. The number of aromatic nitrogens is 1. The number of amides is 1. The molecule has 5 nitrogen and oxygen atoms in total. The van der Waals surface area contributed by atoms with Crippen molar-refractivity contribution in [2.45, 2.75) is 33.6 Å². The molecule has 1 aromatic carbocycles. The quantitative estimate of drug-likeness (QED) is 0.921. The number of nitrogens with zero attached hydrogens (tertiary/aromatic N) is 1. The van der Waals surface area contributed by atoms with Crippen molar-refractivity contribution in [3.63, 3.8) is 0 Å². The molecule has 1 aliphatic rings. The van der Waals surface area contributed by atoms with Gasteiger partial charge in [-0.2, -0.15) is 0 Å². The van der Waals surface area contributed by atoms with Gasteiger partial charge < -0.3 is 5.73 Å². The first-order chi connectivity index (χ1) is 11.2. The molecule has 1 amide bonds. The van der Waals surface area contributed by atoms with E-state index in [2.05, 4.69) is 0 Å². The van der Waals surface area contributed by atoms with E-state index in [1.54, 1.807) is 0 Å². The second-order valence-electron chi connectivity index (χ2n) is 7.20. The Balaban J connectivity index is 2.38. The molecule has 1 aliphatic carbocycles. The topological polar surface area (TPSA) is 82.2 Å². The van der Waals surface area contributed by atoms with E-state index in [0.29, 0.717) is 29.8 Å². The SMILES string of the molecule is Cc1ccc(-n2c3c(cc(C(N)=O)c2=O)C(=O)CC(C)(C)C3)cc1. The Hall–Kier alpha value is -2.69. The number of carbonyl (C=O) groups is 2. The highest BCUT2D eigenvalue weighted by atomic mass is 16.2. The van der Waals surface area contributed by atoms with Gasteiger partial charge in [-0.15, -0.1) is 0 Å². The summed E-state index contributed by atoms with van der Waals surface area (Å²) in [6, 6.07) is 8.77. The standard InChI is InChI=1S/C19H20N2O3/c1-11-4-6-12(7-5-11)21-15-9-19(2,3)10-16(22)13(15)8-14(17(20)23)18(21)24/h4-8H,9-10H2,1-3H3,(H2,20,23). The van der Waals surface area contributed by atoms with E-state index in [1.165, 1.54) is 10.6 Å². The van der Waals surface area contributed by atoms with Crippen molar-refractivity contribution in [2.75, 3.05) is 0 Å². The lowest BCUT2D eigenvalue weighted by Crippen LogP contribution is -2.37. The fourth-order valence-electron chi connectivity index (χ4n) is 3.26. The molecule has 0 fully saturated rings. The summed E-state index contributed by atoms with van der Waals surface area (Å²) < 4.78 is 1.47. The number of nitrogens with two attached hydrogens (primary N) is 1. The Morgan fingerprint density at radius 2 is 1.75 bits per heavy atom. The van der Waals surface area contributed by atoms with Crippen molar-refractivity contribution in [3.8, 4) is 5.69 Å². The normalized spacial score (nSPS) is 15.9. The van der Waals surface area contributed by atoms with Crippen LogP contribution in [-0.4, -0.2) is 16.3 Å². The van der Waals surface area contributed by atoms with Crippen LogP contribution in [0, 0.1) is 12.3 Å². The van der Waals surface area contributed by atoms with Crippen LogP contribution in [0.3, 0.4) is 0 Å². The minimum absolute atomic E-state index is 0.0652. The zero-order chi connectivity index (χ0) is 17.6. The number of primary amides is 1. The first-order valence-electron chi connectivity index (χ1n) is 7.88. The molecule has 0 unspecified atom stereocenters. The lowest BCUT2D eigenvalue weighted by atomic mass is 9.75. The number of rotatable bonds is 2. The molecule has 1 aromatic heterocycles. The number of ketones is 1. The van der Waals surface area contributed by atoms with Gasteiger partial charge in [-0.3, -0.25) is 19.0 Å². The van der Waals surface area contributed by atoms with E-state index in [0.717, 1.165) is 5.56 Å². The first kappa shape index (κ1) is 16.2. The Bertz CT molecular complexity index is 905. The van der Waals surface area contributed by atoms with Gasteiger partial charge in [0, 0.05) is 23.4 Å². The molecule has 5 heteroatoms. The fourth-order valence-corrected chi connectivity index (χ4v) is 3.26. The summed E-state index contributed by atoms with van der Waals surface area (Å²) in [4.78, 5) is 37.1. The van der Waals surface area contributed by atoms with E-state index in [-0.39, 0.29) is 16.8 Å². The summed E-state index contributed by atoms with van der Waals surface area (Å²) in [6.07, 6.45) is 0.959. The maximum absolute atomic E-state index is 12.8. The third-order valence-electron chi connectivity index (χ3n) is 4.45. The summed E-state index contributed by atoms with van der Waals surface area (Å²) in [7, 11) is 0. The van der Waals surface area contributed by atoms with E-state index in [9.17, 15) is 14.4 Å². The van der Waals surface area contributed by atoms with Crippen LogP contribution in [-0.2, 0) is 6.42 Å². The Morgan fingerprint density at radius 1 is 1.12 bits per heavy atom. The molecule has 0 saturated heterocycles. The summed E-state index contributed by atoms with van der Waals surface area (Å²) in [5.74, 6) is -0.883. The molecule has 0 bridgehead atoms. The highest BCUT2D eigenvalue weighted by Gasteiger charge is 2.34. The zero-order valence-corrected chi connectivity index (χ0v) is 14.1. The summed E-state index contributed by atoms with van der Waals surface area (Å²) in [5.41, 5.74) is 7.25. The summed E-state index contributed by atoms with van der Waals surface area (Å²) in [6.45, 7) is 5.95. The van der Waals surface area contributed by atoms with Gasteiger partial charge in [-0.1, -0.05) is 31.5 Å². The monoisotopic (exact) mass is 324 g/mol. The molecule has 0 saturated carbocycles. The average molecular weight is 324 g/mol. The van der Waals surface area contributed by atoms with E-state index in [4.69, 9.17) is 5.73 Å². The average Bonchev–Trinajstić information content (AvgIpc) is 2.47. The molecule has 124 valence electrons. The van der Waals surface area contributed by atoms with Crippen LogP contribution in [0.15, 0.2) is 35.1 Å². The van der Waals surface area contributed by atoms with Gasteiger partial charge in [-0.05, 0) is 37.0 Å². The van der Waals surface area contributed by atoms with E-state index in [1.807, 2.05) is 45.0 Å². The van der Waals surface area contributed by atoms with Crippen molar-refractivity contribution >= 4 is 11.7 Å². The minimum atomic E-state index is -0.818. The predicted octanol–water partition coefficient (Wildman–Crippen LogP) is 2.40. The van der Waals surface area contributed by atoms with Gasteiger partial charge in [0.05, 0.1) is 0 Å². The number of aryl methyl sites for hydroxylation is 1. The number of hydrogen-bond acceptors (Lipinski definition) is 3. The van der Waals surface area contributed by atoms with Crippen LogP contribution in [0.5, 0.6) is 0 Å². The van der Waals surface area contributed by atoms with Crippen molar-refractivity contribution < 1.29 is 9.59 Å². The molecular formula is C19H20N2O3. The number of pyridine rings is 1. The molecule has 0 aliphatic heterocycles. The van der Waals surface area contributed by atoms with Gasteiger partial charge >= 0.3 is 0 Å². The fraction of sp³-hybridized carbons (Fsp3) is 0.316. The Morgan fingerprint density at radius 3 is 2.33 bits per heavy atom. The van der Waals surface area contributed by atoms with Crippen molar-refractivity contribution in [3.05, 3.63) is 63.1 Å². The lowest BCUT2D eigenvalue weighted by molar-refractivity contribution is 0.0909. The zero-order valence-electron chi connectivity index (χ0n) is 14.1. The van der Waals surface area contributed by atoms with Crippen LogP contribution in [0.2, 0.25) is 0 Å². The molecule has 24 heavy (non-hydrogen) atoms. The molecule has 2 aromatic rings. The molecule has 0 radical (unpaired) electrons. The second-order valence-corrected chi connectivity index (χ2v) is 7.20. The molecule has 0 atom stereocenters. The van der Waals surface area contributed by atoms with E-state index >= 15 is 0 Å². The van der Waals surface area contributed by atoms with E-state index < -0.39 is 11.5 Å². The number of benzene rings is 1. The molecule has 2 N–H and O–H groups in total. The molecular weight excluding hydrogens is 304 g/mol. The number of Topliss-reactive ketones (excluding diaryl/α,β-unsaturated/α-hetero) is 1. The highest BCUT2D eigenvalue weighted by Crippen LogP contribution is 2.35. The van der Waals surface area contributed by atoms with Crippen LogP contribution >= 0.6 is 0 Å². The maximum atomic E-state index is 12.8. The largest absolute Gasteiger partial charge is 0.365 e. The van der Waals surface area contributed by atoms with Crippen LogP contribution in [0.1, 0.15) is 52.2 Å².